The van der Waals surface area contributed by atoms with Gasteiger partial charge in [0, 0.05) is 11.3 Å². The van der Waals surface area contributed by atoms with Crippen LogP contribution in [0.2, 0.25) is 0 Å². The third kappa shape index (κ3) is 2.41. The molecule has 4 nitrogen and oxygen atoms in total. The van der Waals surface area contributed by atoms with E-state index in [4.69, 9.17) is 10.8 Å². The second-order valence-electron chi connectivity index (χ2n) is 4.47. The van der Waals surface area contributed by atoms with Gasteiger partial charge in [0.25, 0.3) is 0 Å². The van der Waals surface area contributed by atoms with Crippen molar-refractivity contribution in [3.05, 3.63) is 15.6 Å². The highest BCUT2D eigenvalue weighted by molar-refractivity contribution is 7.11. The molecule has 0 aromatic carbocycles. The molecule has 3 N–H and O–H groups in total. The van der Waals surface area contributed by atoms with Crippen LogP contribution in [-0.2, 0) is 24.1 Å². The number of carboxylic acids is 1. The minimum Gasteiger partial charge on any atom is -0.480 e. The molecular weight excluding hydrogens is 224 g/mol. The Balaban J connectivity index is 2.10. The van der Waals surface area contributed by atoms with E-state index in [0.717, 1.165) is 23.5 Å². The number of hydrogen-bond donors (Lipinski definition) is 2. The van der Waals surface area contributed by atoms with Crippen molar-refractivity contribution >= 4 is 17.3 Å². The molecule has 1 aliphatic rings. The van der Waals surface area contributed by atoms with Crippen LogP contribution in [0.5, 0.6) is 0 Å². The van der Waals surface area contributed by atoms with E-state index in [-0.39, 0.29) is 0 Å². The summed E-state index contributed by atoms with van der Waals surface area (Å²) in [5.41, 5.74) is 6.66. The Bertz CT molecular complexity index is 403. The second-order valence-corrected chi connectivity index (χ2v) is 5.64. The zero-order valence-electron chi connectivity index (χ0n) is 9.27. The van der Waals surface area contributed by atoms with Gasteiger partial charge in [0.05, 0.1) is 10.7 Å². The first kappa shape index (κ1) is 11.5. The fourth-order valence-corrected chi connectivity index (χ4v) is 3.13. The molecule has 0 bridgehead atoms. The van der Waals surface area contributed by atoms with Crippen LogP contribution in [0.1, 0.15) is 28.9 Å². The van der Waals surface area contributed by atoms with Gasteiger partial charge in [-0.15, -0.1) is 11.3 Å². The molecule has 0 spiro atoms. The van der Waals surface area contributed by atoms with E-state index >= 15 is 0 Å². The standard InChI is InChI=1S/C11H16N2O2S/c1-6-2-3-9-8(4-6)13-10(16-9)5-7(12)11(14)15/h6-7H,2-5,12H2,1H3,(H,14,15)/t6?,7-/m0/s1. The van der Waals surface area contributed by atoms with Gasteiger partial charge in [0.15, 0.2) is 0 Å². The Morgan fingerprint density at radius 3 is 3.19 bits per heavy atom. The normalized spacial score (nSPS) is 21.5. The maximum absolute atomic E-state index is 10.7. The lowest BCUT2D eigenvalue weighted by Gasteiger charge is -2.15. The monoisotopic (exact) mass is 240 g/mol. The van der Waals surface area contributed by atoms with E-state index in [0.29, 0.717) is 12.3 Å². The molecule has 88 valence electrons. The number of hydrogen-bond acceptors (Lipinski definition) is 4. The topological polar surface area (TPSA) is 76.2 Å². The average Bonchev–Trinajstić information content (AvgIpc) is 2.58. The maximum Gasteiger partial charge on any atom is 0.320 e. The van der Waals surface area contributed by atoms with E-state index in [1.54, 1.807) is 11.3 Å². The molecule has 1 heterocycles. The Labute approximate surface area is 98.5 Å². The number of aromatic nitrogens is 1. The third-order valence-electron chi connectivity index (χ3n) is 2.94. The lowest BCUT2D eigenvalue weighted by Crippen LogP contribution is -2.32. The van der Waals surface area contributed by atoms with Crippen LogP contribution < -0.4 is 5.73 Å². The smallest absolute Gasteiger partial charge is 0.320 e. The largest absolute Gasteiger partial charge is 0.480 e. The Hall–Kier alpha value is -0.940. The predicted octanol–water partition coefficient (Wildman–Crippen LogP) is 1.22. The molecule has 1 aromatic heterocycles. The Kier molecular flexibility index (Phi) is 3.25. The van der Waals surface area contributed by atoms with Gasteiger partial charge in [-0.3, -0.25) is 4.79 Å². The molecule has 0 fully saturated rings. The number of aliphatic carboxylic acids is 1. The van der Waals surface area contributed by atoms with Gasteiger partial charge in [0.2, 0.25) is 0 Å². The van der Waals surface area contributed by atoms with Gasteiger partial charge < -0.3 is 10.8 Å². The first-order valence-corrected chi connectivity index (χ1v) is 6.33. The molecule has 0 saturated carbocycles. The molecular formula is C11H16N2O2S. The number of nitrogens with zero attached hydrogens (tertiary/aromatic N) is 1. The van der Waals surface area contributed by atoms with Crippen molar-refractivity contribution in [2.24, 2.45) is 11.7 Å². The summed E-state index contributed by atoms with van der Waals surface area (Å²) in [7, 11) is 0. The SMILES string of the molecule is CC1CCc2sc(C[C@H](N)C(=O)O)nc2C1. The summed E-state index contributed by atoms with van der Waals surface area (Å²) < 4.78 is 0. The molecule has 1 aromatic rings. The zero-order valence-corrected chi connectivity index (χ0v) is 10.1. The predicted molar refractivity (Wildman–Crippen MR) is 62.6 cm³/mol. The van der Waals surface area contributed by atoms with Crippen LogP contribution in [0.25, 0.3) is 0 Å². The summed E-state index contributed by atoms with van der Waals surface area (Å²) in [5.74, 6) is -0.267. The van der Waals surface area contributed by atoms with Crippen molar-refractivity contribution in [3.63, 3.8) is 0 Å². The highest BCUT2D eigenvalue weighted by Crippen LogP contribution is 2.29. The van der Waals surface area contributed by atoms with Crippen LogP contribution in [0.4, 0.5) is 0 Å². The molecule has 2 atom stereocenters. The van der Waals surface area contributed by atoms with Crippen LogP contribution in [0, 0.1) is 5.92 Å². The fraction of sp³-hybridized carbons (Fsp3) is 0.636. The minimum atomic E-state index is -0.957. The molecule has 5 heteroatoms. The van der Waals surface area contributed by atoms with E-state index in [2.05, 4.69) is 11.9 Å². The fourth-order valence-electron chi connectivity index (χ4n) is 1.96. The molecule has 2 rings (SSSR count). The molecule has 0 aliphatic heterocycles. The van der Waals surface area contributed by atoms with Gasteiger partial charge in [-0.2, -0.15) is 0 Å². The summed E-state index contributed by atoms with van der Waals surface area (Å²) >= 11 is 1.63. The van der Waals surface area contributed by atoms with Crippen LogP contribution in [-0.4, -0.2) is 22.1 Å². The summed E-state index contributed by atoms with van der Waals surface area (Å²) in [6, 6.07) is -0.829. The van der Waals surface area contributed by atoms with Crippen LogP contribution >= 0.6 is 11.3 Å². The lowest BCUT2D eigenvalue weighted by atomic mass is 9.93. The Morgan fingerprint density at radius 2 is 2.50 bits per heavy atom. The third-order valence-corrected chi connectivity index (χ3v) is 4.12. The van der Waals surface area contributed by atoms with Crippen molar-refractivity contribution < 1.29 is 9.90 Å². The highest BCUT2D eigenvalue weighted by atomic mass is 32.1. The number of thiazole rings is 1. The summed E-state index contributed by atoms with van der Waals surface area (Å²) in [6.45, 7) is 2.23. The van der Waals surface area contributed by atoms with Crippen molar-refractivity contribution in [1.82, 2.24) is 4.98 Å². The molecule has 0 amide bonds. The number of rotatable bonds is 3. The highest BCUT2D eigenvalue weighted by Gasteiger charge is 2.21. The maximum atomic E-state index is 10.7. The van der Waals surface area contributed by atoms with Gasteiger partial charge in [-0.25, -0.2) is 4.98 Å². The van der Waals surface area contributed by atoms with Crippen molar-refractivity contribution in [2.75, 3.05) is 0 Å². The van der Waals surface area contributed by atoms with E-state index in [1.807, 2.05) is 0 Å². The van der Waals surface area contributed by atoms with E-state index in [9.17, 15) is 4.79 Å². The minimum absolute atomic E-state index is 0.349. The van der Waals surface area contributed by atoms with Crippen LogP contribution in [0.15, 0.2) is 0 Å². The summed E-state index contributed by atoms with van der Waals surface area (Å²) in [5, 5.41) is 9.61. The molecule has 1 aliphatic carbocycles. The molecule has 0 saturated heterocycles. The molecule has 16 heavy (non-hydrogen) atoms. The Morgan fingerprint density at radius 1 is 1.75 bits per heavy atom. The van der Waals surface area contributed by atoms with Gasteiger partial charge in [0.1, 0.15) is 6.04 Å². The molecule has 0 radical (unpaired) electrons. The second kappa shape index (κ2) is 4.51. The van der Waals surface area contributed by atoms with Crippen LogP contribution in [0.3, 0.4) is 0 Å². The zero-order chi connectivity index (χ0) is 11.7. The number of fused-ring (bicyclic) bond motifs is 1. The first-order chi connectivity index (χ1) is 7.56. The van der Waals surface area contributed by atoms with Gasteiger partial charge >= 0.3 is 5.97 Å². The number of carbonyl (C=O) groups is 1. The number of carboxylic acid groups (broad SMARTS) is 1. The first-order valence-electron chi connectivity index (χ1n) is 5.52. The number of aryl methyl sites for hydroxylation is 1. The number of nitrogens with two attached hydrogens (primary N) is 1. The average molecular weight is 240 g/mol. The summed E-state index contributed by atoms with van der Waals surface area (Å²) in [4.78, 5) is 16.5. The quantitative estimate of drug-likeness (QED) is 0.833. The molecule has 1 unspecified atom stereocenters. The van der Waals surface area contributed by atoms with Crippen molar-refractivity contribution in [1.29, 1.82) is 0 Å². The van der Waals surface area contributed by atoms with Crippen molar-refractivity contribution in [3.8, 4) is 0 Å². The van der Waals surface area contributed by atoms with E-state index < -0.39 is 12.0 Å². The lowest BCUT2D eigenvalue weighted by molar-refractivity contribution is -0.138. The summed E-state index contributed by atoms with van der Waals surface area (Å²) in [6.07, 6.45) is 3.66. The van der Waals surface area contributed by atoms with E-state index in [1.165, 1.54) is 11.3 Å². The van der Waals surface area contributed by atoms with Gasteiger partial charge in [-0.05, 0) is 25.2 Å². The van der Waals surface area contributed by atoms with Gasteiger partial charge in [-0.1, -0.05) is 6.92 Å². The van der Waals surface area contributed by atoms with Crippen molar-refractivity contribution in [2.45, 2.75) is 38.6 Å².